The Morgan fingerprint density at radius 1 is 0.789 bits per heavy atom. The van der Waals surface area contributed by atoms with Crippen LogP contribution in [-0.2, 0) is 0 Å². The maximum Gasteiger partial charge on any atom is 0.164 e. The van der Waals surface area contributed by atoms with Gasteiger partial charge in [0.15, 0.2) is 5.65 Å². The van der Waals surface area contributed by atoms with Crippen LogP contribution in [0, 0.1) is 6.92 Å². The summed E-state index contributed by atoms with van der Waals surface area (Å²) in [6.45, 7) is 2.02. The summed E-state index contributed by atoms with van der Waals surface area (Å²) >= 11 is 8.05. The van der Waals surface area contributed by atoms with Gasteiger partial charge in [-0.2, -0.15) is 5.10 Å². The Kier molecular flexibility index (Phi) is 5.50. The SMILES string of the molecule is Cc1nn(-c2cccc(Cl)c2)c2nc(-c3ccccc3)c(-c3nc4ccccc4s3)c(-c3cccnc3)c12. The van der Waals surface area contributed by atoms with E-state index in [4.69, 9.17) is 26.7 Å². The van der Waals surface area contributed by atoms with Gasteiger partial charge in [-0.25, -0.2) is 14.6 Å². The topological polar surface area (TPSA) is 56.5 Å². The number of halogens is 1. The van der Waals surface area contributed by atoms with Gasteiger partial charge in [-0.3, -0.25) is 4.98 Å². The Hall–Kier alpha value is -4.39. The molecule has 0 unspecified atom stereocenters. The molecule has 4 heterocycles. The maximum absolute atomic E-state index is 6.37. The Bertz CT molecular complexity index is 1910. The summed E-state index contributed by atoms with van der Waals surface area (Å²) in [5, 5.41) is 7.48. The Morgan fingerprint density at radius 2 is 1.61 bits per heavy atom. The van der Waals surface area contributed by atoms with Gasteiger partial charge in [0.05, 0.1) is 32.7 Å². The van der Waals surface area contributed by atoms with Crippen molar-refractivity contribution >= 4 is 44.2 Å². The average Bonchev–Trinajstić information content (AvgIpc) is 3.54. The molecule has 0 spiro atoms. The number of para-hydroxylation sites is 1. The molecule has 0 bridgehead atoms. The molecule has 7 heteroatoms. The molecule has 0 aliphatic carbocycles. The van der Waals surface area contributed by atoms with Crippen LogP contribution in [-0.4, -0.2) is 24.7 Å². The highest BCUT2D eigenvalue weighted by atomic mass is 35.5. The molecule has 0 radical (unpaired) electrons. The standard InChI is InChI=1S/C31H20ClN5S/c1-19-26-27(21-11-8-16-33-18-21)28(31-34-24-14-5-6-15-25(24)38-31)29(20-9-3-2-4-10-20)35-30(26)37(36-19)23-13-7-12-22(32)17-23/h2-18H,1H3. The summed E-state index contributed by atoms with van der Waals surface area (Å²) in [5.41, 5.74) is 8.28. The van der Waals surface area contributed by atoms with Gasteiger partial charge in [-0.05, 0) is 43.3 Å². The van der Waals surface area contributed by atoms with E-state index >= 15 is 0 Å². The third-order valence-corrected chi connectivity index (χ3v) is 7.84. The van der Waals surface area contributed by atoms with Gasteiger partial charge in [-0.1, -0.05) is 66.2 Å². The number of pyridine rings is 2. The van der Waals surface area contributed by atoms with E-state index in [9.17, 15) is 0 Å². The monoisotopic (exact) mass is 529 g/mol. The lowest BCUT2D eigenvalue weighted by molar-refractivity contribution is 0.878. The molecular formula is C31H20ClN5S. The molecule has 0 aliphatic rings. The number of nitrogens with zero attached hydrogens (tertiary/aromatic N) is 5. The molecule has 38 heavy (non-hydrogen) atoms. The highest BCUT2D eigenvalue weighted by Crippen LogP contribution is 2.46. The molecule has 4 aromatic heterocycles. The molecule has 0 saturated carbocycles. The third-order valence-electron chi connectivity index (χ3n) is 6.55. The van der Waals surface area contributed by atoms with Crippen LogP contribution in [0.2, 0.25) is 5.02 Å². The molecule has 7 rings (SSSR count). The average molecular weight is 530 g/mol. The summed E-state index contributed by atoms with van der Waals surface area (Å²) in [4.78, 5) is 14.9. The second-order valence-corrected chi connectivity index (χ2v) is 10.4. The number of fused-ring (bicyclic) bond motifs is 2. The summed E-state index contributed by atoms with van der Waals surface area (Å²) < 4.78 is 3.01. The highest BCUT2D eigenvalue weighted by molar-refractivity contribution is 7.21. The Morgan fingerprint density at radius 3 is 2.39 bits per heavy atom. The van der Waals surface area contributed by atoms with Gasteiger partial charge in [0.25, 0.3) is 0 Å². The fourth-order valence-corrected chi connectivity index (χ4v) is 6.10. The lowest BCUT2D eigenvalue weighted by Gasteiger charge is -2.15. The van der Waals surface area contributed by atoms with Crippen molar-refractivity contribution in [2.45, 2.75) is 6.92 Å². The van der Waals surface area contributed by atoms with E-state index < -0.39 is 0 Å². The molecular weight excluding hydrogens is 510 g/mol. The lowest BCUT2D eigenvalue weighted by atomic mass is 9.93. The first kappa shape index (κ1) is 22.8. The van der Waals surface area contributed by atoms with E-state index in [0.29, 0.717) is 5.02 Å². The van der Waals surface area contributed by atoms with Gasteiger partial charge < -0.3 is 0 Å². The van der Waals surface area contributed by atoms with Crippen LogP contribution >= 0.6 is 22.9 Å². The molecule has 0 saturated heterocycles. The number of benzene rings is 3. The van der Waals surface area contributed by atoms with Gasteiger partial charge in [0.1, 0.15) is 5.01 Å². The molecule has 3 aromatic carbocycles. The van der Waals surface area contributed by atoms with Crippen molar-refractivity contribution in [1.29, 1.82) is 0 Å². The first-order valence-electron chi connectivity index (χ1n) is 12.2. The number of aromatic nitrogens is 5. The quantitative estimate of drug-likeness (QED) is 0.230. The van der Waals surface area contributed by atoms with Crippen LogP contribution in [0.25, 0.3) is 59.9 Å². The zero-order valence-electron chi connectivity index (χ0n) is 20.3. The first-order chi connectivity index (χ1) is 18.7. The Balaban J connectivity index is 1.67. The number of rotatable bonds is 4. The van der Waals surface area contributed by atoms with Crippen molar-refractivity contribution in [1.82, 2.24) is 24.7 Å². The fourth-order valence-electron chi connectivity index (χ4n) is 4.90. The van der Waals surface area contributed by atoms with Crippen LogP contribution < -0.4 is 0 Å². The highest BCUT2D eigenvalue weighted by Gasteiger charge is 2.26. The van der Waals surface area contributed by atoms with Gasteiger partial charge in [0, 0.05) is 39.7 Å². The van der Waals surface area contributed by atoms with Crippen molar-refractivity contribution in [3.8, 4) is 38.6 Å². The summed E-state index contributed by atoms with van der Waals surface area (Å²) in [6.07, 6.45) is 3.69. The molecule has 0 atom stereocenters. The second-order valence-electron chi connectivity index (χ2n) is 8.98. The van der Waals surface area contributed by atoms with Crippen molar-refractivity contribution in [3.63, 3.8) is 0 Å². The first-order valence-corrected chi connectivity index (χ1v) is 13.4. The van der Waals surface area contributed by atoms with E-state index in [1.54, 1.807) is 17.5 Å². The van der Waals surface area contributed by atoms with E-state index in [0.717, 1.165) is 65.6 Å². The summed E-state index contributed by atoms with van der Waals surface area (Å²) in [6, 6.07) is 30.2. The van der Waals surface area contributed by atoms with Gasteiger partial charge in [0.2, 0.25) is 0 Å². The van der Waals surface area contributed by atoms with Crippen molar-refractivity contribution in [2.24, 2.45) is 0 Å². The minimum absolute atomic E-state index is 0.644. The van der Waals surface area contributed by atoms with Gasteiger partial charge >= 0.3 is 0 Å². The molecule has 0 N–H and O–H groups in total. The molecule has 0 aliphatic heterocycles. The second kappa shape index (κ2) is 9.17. The van der Waals surface area contributed by atoms with Crippen LogP contribution in [0.4, 0.5) is 0 Å². The van der Waals surface area contributed by atoms with E-state index in [2.05, 4.69) is 35.3 Å². The van der Waals surface area contributed by atoms with Gasteiger partial charge in [-0.15, -0.1) is 11.3 Å². The minimum atomic E-state index is 0.644. The molecule has 5 nitrogen and oxygen atoms in total. The summed E-state index contributed by atoms with van der Waals surface area (Å²) in [5.74, 6) is 0. The molecule has 182 valence electrons. The van der Waals surface area contributed by atoms with Crippen LogP contribution in [0.5, 0.6) is 0 Å². The van der Waals surface area contributed by atoms with E-state index in [-0.39, 0.29) is 0 Å². The third kappa shape index (κ3) is 3.77. The Labute approximate surface area is 228 Å². The normalized spacial score (nSPS) is 11.4. The molecule has 7 aromatic rings. The zero-order chi connectivity index (χ0) is 25.6. The predicted molar refractivity (Wildman–Crippen MR) is 156 cm³/mol. The van der Waals surface area contributed by atoms with Crippen molar-refractivity contribution < 1.29 is 0 Å². The number of thiazole rings is 1. The van der Waals surface area contributed by atoms with E-state index in [1.165, 1.54) is 0 Å². The molecule has 0 amide bonds. The zero-order valence-corrected chi connectivity index (χ0v) is 21.9. The van der Waals surface area contributed by atoms with Crippen molar-refractivity contribution in [3.05, 3.63) is 114 Å². The maximum atomic E-state index is 6.37. The fraction of sp³-hybridized carbons (Fsp3) is 0.0323. The largest absolute Gasteiger partial charge is 0.264 e. The van der Waals surface area contributed by atoms with Crippen LogP contribution in [0.15, 0.2) is 103 Å². The predicted octanol–water partition coefficient (Wildman–Crippen LogP) is 8.39. The van der Waals surface area contributed by atoms with Crippen molar-refractivity contribution in [2.75, 3.05) is 0 Å². The lowest BCUT2D eigenvalue weighted by Crippen LogP contribution is -2.01. The minimum Gasteiger partial charge on any atom is -0.264 e. The number of hydrogen-bond donors (Lipinski definition) is 0. The number of hydrogen-bond acceptors (Lipinski definition) is 5. The summed E-state index contributed by atoms with van der Waals surface area (Å²) in [7, 11) is 0. The smallest absolute Gasteiger partial charge is 0.164 e. The van der Waals surface area contributed by atoms with Crippen LogP contribution in [0.1, 0.15) is 5.69 Å². The molecule has 0 fully saturated rings. The number of aryl methyl sites for hydroxylation is 1. The van der Waals surface area contributed by atoms with Crippen LogP contribution in [0.3, 0.4) is 0 Å². The van der Waals surface area contributed by atoms with E-state index in [1.807, 2.05) is 78.5 Å².